The Labute approximate surface area is 99.8 Å². The molecule has 0 amide bonds. The molecule has 0 fully saturated rings. The van der Waals surface area contributed by atoms with E-state index < -0.39 is 0 Å². The normalized spacial score (nSPS) is 17.9. The molecule has 1 aliphatic heterocycles. The molecule has 0 atom stereocenters. The van der Waals surface area contributed by atoms with Crippen molar-refractivity contribution in [3.05, 3.63) is 11.3 Å². The van der Waals surface area contributed by atoms with E-state index in [9.17, 15) is 0 Å². The molecule has 1 aliphatic rings. The number of hydrogen-bond acceptors (Lipinski definition) is 4. The van der Waals surface area contributed by atoms with Gasteiger partial charge in [0.15, 0.2) is 0 Å². The van der Waals surface area contributed by atoms with Crippen LogP contribution in [0.3, 0.4) is 0 Å². The number of fused-ring (bicyclic) bond motifs is 1. The average molecular weight is 243 g/mol. The largest absolute Gasteiger partial charge is 0.294 e. The quantitative estimate of drug-likeness (QED) is 0.587. The van der Waals surface area contributed by atoms with Gasteiger partial charge >= 0.3 is 0 Å². The van der Waals surface area contributed by atoms with Gasteiger partial charge in [-0.2, -0.15) is 5.10 Å². The lowest BCUT2D eigenvalue weighted by molar-refractivity contribution is 0.119. The Hall–Kier alpha value is -0.130. The van der Waals surface area contributed by atoms with E-state index in [1.165, 1.54) is 22.1 Å². The van der Waals surface area contributed by atoms with Crippen LogP contribution in [0.15, 0.2) is 5.03 Å². The van der Waals surface area contributed by atoms with E-state index in [1.807, 2.05) is 0 Å². The lowest BCUT2D eigenvalue weighted by Gasteiger charge is -2.38. The summed E-state index contributed by atoms with van der Waals surface area (Å²) in [5.41, 5.74) is 2.84. The first-order valence-electron chi connectivity index (χ1n) is 5.15. The van der Waals surface area contributed by atoms with Crippen LogP contribution in [0.2, 0.25) is 0 Å². The van der Waals surface area contributed by atoms with Crippen molar-refractivity contribution < 1.29 is 0 Å². The zero-order chi connectivity index (χ0) is 11.1. The minimum atomic E-state index is 0.230. The van der Waals surface area contributed by atoms with Gasteiger partial charge < -0.3 is 0 Å². The minimum Gasteiger partial charge on any atom is -0.294 e. The predicted molar refractivity (Wildman–Crippen MR) is 67.3 cm³/mol. The third-order valence-corrected chi connectivity index (χ3v) is 3.96. The van der Waals surface area contributed by atoms with Crippen molar-refractivity contribution in [2.75, 3.05) is 6.54 Å². The molecule has 84 valence electrons. The fourth-order valence-electron chi connectivity index (χ4n) is 1.92. The van der Waals surface area contributed by atoms with Gasteiger partial charge in [0.25, 0.3) is 0 Å². The molecule has 0 saturated carbocycles. The molecule has 0 unspecified atom stereocenters. The van der Waals surface area contributed by atoms with Crippen molar-refractivity contribution in [3.8, 4) is 0 Å². The lowest BCUT2D eigenvalue weighted by Crippen LogP contribution is -2.44. The Morgan fingerprint density at radius 2 is 2.20 bits per heavy atom. The van der Waals surface area contributed by atoms with Crippen molar-refractivity contribution in [3.63, 3.8) is 0 Å². The minimum absolute atomic E-state index is 0.230. The van der Waals surface area contributed by atoms with E-state index in [4.69, 9.17) is 0 Å². The molecule has 2 rings (SSSR count). The number of nitrogens with zero attached hydrogens (tertiary/aromatic N) is 2. The highest BCUT2D eigenvalue weighted by molar-refractivity contribution is 8.68. The maximum absolute atomic E-state index is 4.27. The summed E-state index contributed by atoms with van der Waals surface area (Å²) in [5, 5.41) is 8.40. The highest BCUT2D eigenvalue weighted by Crippen LogP contribution is 2.31. The Morgan fingerprint density at radius 3 is 2.80 bits per heavy atom. The monoisotopic (exact) mass is 243 g/mol. The maximum Gasteiger partial charge on any atom is 0.133 e. The molecule has 0 spiro atoms. The van der Waals surface area contributed by atoms with E-state index >= 15 is 0 Å². The summed E-state index contributed by atoms with van der Waals surface area (Å²) in [5.74, 6) is 0. The van der Waals surface area contributed by atoms with Gasteiger partial charge in [0.05, 0.1) is 0 Å². The topological polar surface area (TPSA) is 31.9 Å². The van der Waals surface area contributed by atoms with Crippen LogP contribution in [0.25, 0.3) is 0 Å². The number of thiol groups is 1. The molecule has 1 aromatic heterocycles. The summed E-state index contributed by atoms with van der Waals surface area (Å²) in [7, 11) is 1.43. The van der Waals surface area contributed by atoms with Crippen LogP contribution >= 0.6 is 22.5 Å². The highest BCUT2D eigenvalue weighted by Gasteiger charge is 2.28. The van der Waals surface area contributed by atoms with E-state index in [2.05, 4.69) is 47.5 Å². The Balaban J connectivity index is 2.25. The van der Waals surface area contributed by atoms with Crippen LogP contribution in [0.5, 0.6) is 0 Å². The average Bonchev–Trinajstić information content (AvgIpc) is 2.57. The first-order valence-corrected chi connectivity index (χ1v) is 7.02. The van der Waals surface area contributed by atoms with Gasteiger partial charge in [0, 0.05) is 36.3 Å². The van der Waals surface area contributed by atoms with Gasteiger partial charge in [0.2, 0.25) is 0 Å². The fraction of sp³-hybridized carbons (Fsp3) is 0.700. The molecule has 15 heavy (non-hydrogen) atoms. The van der Waals surface area contributed by atoms with Crippen LogP contribution in [0, 0.1) is 0 Å². The summed E-state index contributed by atoms with van der Waals surface area (Å²) in [6, 6.07) is 0. The molecular formula is C10H17N3S2. The Bertz CT molecular complexity index is 341. The molecule has 0 saturated heterocycles. The van der Waals surface area contributed by atoms with Gasteiger partial charge in [0.1, 0.15) is 5.03 Å². The molecule has 1 N–H and O–H groups in total. The van der Waals surface area contributed by atoms with Gasteiger partial charge in [-0.05, 0) is 31.6 Å². The summed E-state index contributed by atoms with van der Waals surface area (Å²) >= 11 is 4.23. The number of hydrogen-bond donors (Lipinski definition) is 2. The number of aromatic amines is 1. The number of nitrogens with one attached hydrogen (secondary N) is 1. The van der Waals surface area contributed by atoms with E-state index in [-0.39, 0.29) is 5.54 Å². The van der Waals surface area contributed by atoms with Gasteiger partial charge in [-0.1, -0.05) is 0 Å². The van der Waals surface area contributed by atoms with Crippen LogP contribution in [0.4, 0.5) is 0 Å². The molecule has 5 heteroatoms. The van der Waals surface area contributed by atoms with Crippen molar-refractivity contribution in [2.24, 2.45) is 0 Å². The third-order valence-electron chi connectivity index (χ3n) is 2.93. The summed E-state index contributed by atoms with van der Waals surface area (Å²) in [4.78, 5) is 2.48. The molecule has 0 radical (unpaired) electrons. The zero-order valence-corrected chi connectivity index (χ0v) is 11.1. The first-order chi connectivity index (χ1) is 7.02. The summed E-state index contributed by atoms with van der Waals surface area (Å²) in [6.45, 7) is 8.86. The van der Waals surface area contributed by atoms with Gasteiger partial charge in [-0.25, -0.2) is 0 Å². The smallest absolute Gasteiger partial charge is 0.133 e. The van der Waals surface area contributed by atoms with E-state index in [1.54, 1.807) is 0 Å². The van der Waals surface area contributed by atoms with Gasteiger partial charge in [-0.15, -0.1) is 11.7 Å². The zero-order valence-electron chi connectivity index (χ0n) is 9.37. The maximum atomic E-state index is 4.27. The van der Waals surface area contributed by atoms with Crippen LogP contribution in [0.1, 0.15) is 32.0 Å². The predicted octanol–water partition coefficient (Wildman–Crippen LogP) is 2.50. The standard InChI is InChI=1S/C10H17N3S2/c1-10(2,3)13-5-4-8-7(6-13)9(15-14)12-11-8/h14H,4-6H2,1-3H3,(H,11,12). The second kappa shape index (κ2) is 4.03. The van der Waals surface area contributed by atoms with Crippen LogP contribution < -0.4 is 0 Å². The highest BCUT2D eigenvalue weighted by atomic mass is 33.1. The van der Waals surface area contributed by atoms with Crippen molar-refractivity contribution in [2.45, 2.75) is 44.3 Å². The van der Waals surface area contributed by atoms with Crippen molar-refractivity contribution in [1.82, 2.24) is 15.1 Å². The van der Waals surface area contributed by atoms with Crippen molar-refractivity contribution in [1.29, 1.82) is 0 Å². The Morgan fingerprint density at radius 1 is 1.47 bits per heavy atom. The molecule has 0 aromatic carbocycles. The molecule has 3 nitrogen and oxygen atoms in total. The summed E-state index contributed by atoms with van der Waals surface area (Å²) < 4.78 is 0. The number of H-pyrrole nitrogens is 1. The van der Waals surface area contributed by atoms with E-state index in [0.717, 1.165) is 24.5 Å². The number of aromatic nitrogens is 2. The summed E-state index contributed by atoms with van der Waals surface area (Å²) in [6.07, 6.45) is 1.06. The fourth-order valence-corrected chi connectivity index (χ4v) is 2.75. The van der Waals surface area contributed by atoms with Gasteiger partial charge in [-0.3, -0.25) is 10.00 Å². The molecule has 0 bridgehead atoms. The van der Waals surface area contributed by atoms with E-state index in [0.29, 0.717) is 0 Å². The molecule has 1 aromatic rings. The Kier molecular flexibility index (Phi) is 3.05. The number of rotatable bonds is 1. The third kappa shape index (κ3) is 2.19. The second-order valence-electron chi connectivity index (χ2n) is 4.92. The van der Waals surface area contributed by atoms with Crippen LogP contribution in [-0.4, -0.2) is 27.2 Å². The SMILES string of the molecule is CC(C)(C)N1CCc2[nH]nc(SS)c2C1. The second-order valence-corrected chi connectivity index (χ2v) is 6.04. The first kappa shape index (κ1) is 11.4. The molecular weight excluding hydrogens is 226 g/mol. The lowest BCUT2D eigenvalue weighted by atomic mass is 10.00. The molecule has 0 aliphatic carbocycles. The molecule has 2 heterocycles. The van der Waals surface area contributed by atoms with Crippen molar-refractivity contribution >= 4 is 22.5 Å². The van der Waals surface area contributed by atoms with Crippen LogP contribution in [-0.2, 0) is 13.0 Å².